The number of aromatic nitrogens is 3. The van der Waals surface area contributed by atoms with Crippen LogP contribution in [-0.2, 0) is 11.2 Å². The standard InChI is InChI=1S/C27H29N5O5/c1-2-35-22-7-3-4-8-23(22)36-19-6-5-13-32(17-19)25-16-28-15-24(30-25)31-27-29-20-14-18(10-12-26(33)34)9-11-21(20)37-27/h3-4,7-9,11,14-16,19H,2,5-6,10,12-13,17H2,1H3,(H,33,34)(H,29,30,31). The van der Waals surface area contributed by atoms with Crippen LogP contribution in [0.4, 0.5) is 17.7 Å². The molecule has 5 rings (SSSR count). The number of aryl methyl sites for hydroxylation is 1. The van der Waals surface area contributed by atoms with E-state index in [0.717, 1.165) is 42.3 Å². The Morgan fingerprint density at radius 3 is 2.89 bits per heavy atom. The Labute approximate surface area is 214 Å². The maximum atomic E-state index is 10.9. The molecule has 37 heavy (non-hydrogen) atoms. The first-order chi connectivity index (χ1) is 18.1. The fraction of sp³-hybridized carbons (Fsp3) is 0.333. The van der Waals surface area contributed by atoms with E-state index < -0.39 is 5.97 Å². The highest BCUT2D eigenvalue weighted by atomic mass is 16.5. The Hall–Kier alpha value is -4.34. The van der Waals surface area contributed by atoms with E-state index in [0.29, 0.717) is 42.5 Å². The zero-order valence-electron chi connectivity index (χ0n) is 20.6. The quantitative estimate of drug-likeness (QED) is 0.311. The summed E-state index contributed by atoms with van der Waals surface area (Å²) >= 11 is 0. The number of fused-ring (bicyclic) bond motifs is 1. The highest BCUT2D eigenvalue weighted by Gasteiger charge is 2.24. The predicted octanol–water partition coefficient (Wildman–Crippen LogP) is 4.83. The van der Waals surface area contributed by atoms with E-state index in [9.17, 15) is 4.79 Å². The third kappa shape index (κ3) is 6.08. The molecule has 1 unspecified atom stereocenters. The molecule has 0 amide bonds. The number of rotatable bonds is 10. The number of carboxylic acids is 1. The van der Waals surface area contributed by atoms with Gasteiger partial charge in [-0.2, -0.15) is 4.98 Å². The Balaban J connectivity index is 1.26. The summed E-state index contributed by atoms with van der Waals surface area (Å²) in [6.07, 6.45) is 5.77. The molecule has 3 heterocycles. The van der Waals surface area contributed by atoms with Crippen molar-refractivity contribution in [1.82, 2.24) is 15.0 Å². The van der Waals surface area contributed by atoms with E-state index in [1.807, 2.05) is 43.3 Å². The van der Waals surface area contributed by atoms with Crippen molar-refractivity contribution in [3.8, 4) is 11.5 Å². The van der Waals surface area contributed by atoms with Crippen LogP contribution in [-0.4, -0.2) is 51.8 Å². The maximum Gasteiger partial charge on any atom is 0.303 e. The zero-order valence-corrected chi connectivity index (χ0v) is 20.6. The van der Waals surface area contributed by atoms with E-state index in [2.05, 4.69) is 20.2 Å². The van der Waals surface area contributed by atoms with E-state index in [1.54, 1.807) is 18.5 Å². The minimum Gasteiger partial charge on any atom is -0.490 e. The second-order valence-electron chi connectivity index (χ2n) is 8.81. The SMILES string of the molecule is CCOc1ccccc1OC1CCCN(c2cncc(Nc3nc4cc(CCC(=O)O)ccc4o3)n2)C1. The maximum absolute atomic E-state index is 10.9. The number of piperidine rings is 1. The molecule has 0 saturated carbocycles. The Morgan fingerprint density at radius 2 is 2.05 bits per heavy atom. The van der Waals surface area contributed by atoms with Crippen molar-refractivity contribution in [2.24, 2.45) is 0 Å². The summed E-state index contributed by atoms with van der Waals surface area (Å²) < 4.78 is 17.8. The molecular weight excluding hydrogens is 474 g/mol. The molecule has 4 aromatic rings. The Morgan fingerprint density at radius 1 is 1.19 bits per heavy atom. The fourth-order valence-corrected chi connectivity index (χ4v) is 4.36. The van der Waals surface area contributed by atoms with Crippen molar-refractivity contribution in [3.05, 3.63) is 60.4 Å². The predicted molar refractivity (Wildman–Crippen MR) is 139 cm³/mol. The van der Waals surface area contributed by atoms with Gasteiger partial charge in [0.25, 0.3) is 0 Å². The van der Waals surface area contributed by atoms with Crippen LogP contribution in [0.3, 0.4) is 0 Å². The van der Waals surface area contributed by atoms with Gasteiger partial charge in [0, 0.05) is 13.0 Å². The molecule has 1 aliphatic heterocycles. The lowest BCUT2D eigenvalue weighted by Crippen LogP contribution is -2.41. The van der Waals surface area contributed by atoms with Crippen LogP contribution in [0.15, 0.2) is 59.3 Å². The monoisotopic (exact) mass is 503 g/mol. The minimum atomic E-state index is -0.831. The van der Waals surface area contributed by atoms with Crippen molar-refractivity contribution in [3.63, 3.8) is 0 Å². The number of carboxylic acid groups (broad SMARTS) is 1. The summed E-state index contributed by atoms with van der Waals surface area (Å²) in [6.45, 7) is 4.08. The average molecular weight is 504 g/mol. The number of para-hydroxylation sites is 2. The van der Waals surface area contributed by atoms with Crippen molar-refractivity contribution in [2.45, 2.75) is 38.7 Å². The Kier molecular flexibility index (Phi) is 7.34. The van der Waals surface area contributed by atoms with Gasteiger partial charge < -0.3 is 23.9 Å². The molecule has 10 heteroatoms. The number of nitrogens with one attached hydrogen (secondary N) is 1. The van der Waals surface area contributed by atoms with E-state index in [4.69, 9.17) is 24.0 Å². The topological polar surface area (TPSA) is 123 Å². The summed E-state index contributed by atoms with van der Waals surface area (Å²) in [6, 6.07) is 13.5. The molecule has 10 nitrogen and oxygen atoms in total. The molecule has 0 bridgehead atoms. The van der Waals surface area contributed by atoms with Crippen LogP contribution >= 0.6 is 0 Å². The number of anilines is 3. The summed E-state index contributed by atoms with van der Waals surface area (Å²) in [5, 5.41) is 12.0. The average Bonchev–Trinajstić information content (AvgIpc) is 3.30. The van der Waals surface area contributed by atoms with Crippen LogP contribution < -0.4 is 19.7 Å². The van der Waals surface area contributed by atoms with E-state index >= 15 is 0 Å². The zero-order chi connectivity index (χ0) is 25.6. The van der Waals surface area contributed by atoms with Gasteiger partial charge in [-0.3, -0.25) is 15.1 Å². The fourth-order valence-electron chi connectivity index (χ4n) is 4.36. The van der Waals surface area contributed by atoms with Gasteiger partial charge in [0.15, 0.2) is 22.9 Å². The van der Waals surface area contributed by atoms with Crippen LogP contribution in [0.1, 0.15) is 31.7 Å². The molecular formula is C27H29N5O5. The van der Waals surface area contributed by atoms with Crippen LogP contribution in [0, 0.1) is 0 Å². The van der Waals surface area contributed by atoms with Crippen molar-refractivity contribution in [2.75, 3.05) is 29.9 Å². The number of carbonyl (C=O) groups is 1. The molecule has 1 saturated heterocycles. The van der Waals surface area contributed by atoms with Crippen LogP contribution in [0.5, 0.6) is 11.5 Å². The van der Waals surface area contributed by atoms with Gasteiger partial charge in [0.05, 0.1) is 25.5 Å². The largest absolute Gasteiger partial charge is 0.490 e. The normalized spacial score (nSPS) is 15.5. The Bertz CT molecular complexity index is 1370. The number of hydrogen-bond acceptors (Lipinski definition) is 9. The van der Waals surface area contributed by atoms with Gasteiger partial charge in [-0.15, -0.1) is 0 Å². The first-order valence-corrected chi connectivity index (χ1v) is 12.4. The van der Waals surface area contributed by atoms with Gasteiger partial charge in [-0.25, -0.2) is 4.98 Å². The molecule has 1 aliphatic rings. The second kappa shape index (κ2) is 11.2. The lowest BCUT2D eigenvalue weighted by Gasteiger charge is -2.33. The summed E-state index contributed by atoms with van der Waals surface area (Å²) in [5.41, 5.74) is 2.15. The first-order valence-electron chi connectivity index (χ1n) is 12.4. The van der Waals surface area contributed by atoms with Gasteiger partial charge in [-0.1, -0.05) is 18.2 Å². The molecule has 0 aliphatic carbocycles. The molecule has 1 atom stereocenters. The molecule has 2 N–H and O–H groups in total. The van der Waals surface area contributed by atoms with Gasteiger partial charge in [0.1, 0.15) is 17.4 Å². The number of nitrogens with zero attached hydrogens (tertiary/aromatic N) is 4. The number of aliphatic carboxylic acids is 1. The van der Waals surface area contributed by atoms with Gasteiger partial charge in [-0.05, 0) is 56.0 Å². The van der Waals surface area contributed by atoms with Crippen molar-refractivity contribution >= 4 is 34.7 Å². The summed E-state index contributed by atoms with van der Waals surface area (Å²) in [5.74, 6) is 1.92. The molecule has 1 fully saturated rings. The lowest BCUT2D eigenvalue weighted by molar-refractivity contribution is -0.136. The molecule has 2 aromatic heterocycles. The summed E-state index contributed by atoms with van der Waals surface area (Å²) in [7, 11) is 0. The number of oxazole rings is 1. The number of benzene rings is 2. The van der Waals surface area contributed by atoms with Crippen LogP contribution in [0.2, 0.25) is 0 Å². The smallest absolute Gasteiger partial charge is 0.303 e. The third-order valence-corrected chi connectivity index (χ3v) is 6.08. The van der Waals surface area contributed by atoms with Crippen molar-refractivity contribution < 1.29 is 23.8 Å². The number of hydrogen-bond donors (Lipinski definition) is 2. The van der Waals surface area contributed by atoms with Crippen molar-refractivity contribution in [1.29, 1.82) is 0 Å². The van der Waals surface area contributed by atoms with Gasteiger partial charge >= 0.3 is 12.0 Å². The van der Waals surface area contributed by atoms with Crippen LogP contribution in [0.25, 0.3) is 11.1 Å². The second-order valence-corrected chi connectivity index (χ2v) is 8.81. The van der Waals surface area contributed by atoms with Gasteiger partial charge in [0.2, 0.25) is 0 Å². The summed E-state index contributed by atoms with van der Waals surface area (Å²) in [4.78, 5) is 26.6. The molecule has 0 radical (unpaired) electrons. The highest BCUT2D eigenvalue weighted by Crippen LogP contribution is 2.30. The first kappa shape index (κ1) is 24.4. The number of ether oxygens (including phenoxy) is 2. The molecule has 0 spiro atoms. The van der Waals surface area contributed by atoms with E-state index in [-0.39, 0.29) is 12.5 Å². The van der Waals surface area contributed by atoms with E-state index in [1.165, 1.54) is 0 Å². The molecule has 2 aromatic carbocycles. The minimum absolute atomic E-state index is 0.00105. The third-order valence-electron chi connectivity index (χ3n) is 6.08. The highest BCUT2D eigenvalue weighted by molar-refractivity contribution is 5.76. The lowest BCUT2D eigenvalue weighted by atomic mass is 10.1. The molecule has 192 valence electrons.